The molecule has 0 radical (unpaired) electrons. The van der Waals surface area contributed by atoms with Crippen LogP contribution in [0, 0.1) is 0 Å². The van der Waals surface area contributed by atoms with Gasteiger partial charge in [-0.1, -0.05) is 0 Å². The molecule has 2 aromatic rings. The van der Waals surface area contributed by atoms with E-state index in [0.29, 0.717) is 30.6 Å². The van der Waals surface area contributed by atoms with E-state index in [1.165, 1.54) is 0 Å². The molecule has 152 valence electrons. The molecule has 2 N–H and O–H groups in total. The molecule has 0 saturated carbocycles. The first-order chi connectivity index (χ1) is 13.6. The second kappa shape index (κ2) is 10.9. The molecule has 0 amide bonds. The number of hydrogen-bond acceptors (Lipinski definition) is 5. The van der Waals surface area contributed by atoms with Gasteiger partial charge in [-0.2, -0.15) is 0 Å². The van der Waals surface area contributed by atoms with E-state index in [-0.39, 0.29) is 0 Å². The van der Waals surface area contributed by atoms with Crippen molar-refractivity contribution in [2.24, 2.45) is 4.99 Å². The van der Waals surface area contributed by atoms with Crippen molar-refractivity contribution in [1.29, 1.82) is 0 Å². The Labute approximate surface area is 166 Å². The van der Waals surface area contributed by atoms with Crippen LogP contribution in [0.2, 0.25) is 0 Å². The van der Waals surface area contributed by atoms with Crippen LogP contribution in [-0.2, 0) is 6.42 Å². The molecule has 0 fully saturated rings. The van der Waals surface area contributed by atoms with Gasteiger partial charge in [0.2, 0.25) is 0 Å². The van der Waals surface area contributed by atoms with Gasteiger partial charge in [0.1, 0.15) is 11.5 Å². The standard InChI is InChI=1S/C21H29N3O4/c1-6-28-19-9-7-16(14-20(19)27-5)24-21(22-2)23-12-11-15-13-17(25-3)8-10-18(15)26-4/h7-10,13-14H,6,11-12H2,1-5H3,(H2,22,23,24). The van der Waals surface area contributed by atoms with Crippen molar-refractivity contribution in [3.05, 3.63) is 42.0 Å². The number of nitrogens with one attached hydrogen (secondary N) is 2. The maximum atomic E-state index is 5.55. The summed E-state index contributed by atoms with van der Waals surface area (Å²) in [6, 6.07) is 11.4. The zero-order valence-corrected chi connectivity index (χ0v) is 17.2. The molecular formula is C21H29N3O4. The van der Waals surface area contributed by atoms with Crippen LogP contribution >= 0.6 is 0 Å². The van der Waals surface area contributed by atoms with Crippen molar-refractivity contribution in [3.8, 4) is 23.0 Å². The van der Waals surface area contributed by atoms with Gasteiger partial charge in [0, 0.05) is 25.3 Å². The summed E-state index contributed by atoms with van der Waals surface area (Å²) in [7, 11) is 6.67. The van der Waals surface area contributed by atoms with Crippen LogP contribution in [0.15, 0.2) is 41.4 Å². The smallest absolute Gasteiger partial charge is 0.195 e. The predicted octanol–water partition coefficient (Wildman–Crippen LogP) is 3.34. The van der Waals surface area contributed by atoms with Gasteiger partial charge in [-0.25, -0.2) is 0 Å². The lowest BCUT2D eigenvalue weighted by molar-refractivity contribution is 0.311. The zero-order valence-electron chi connectivity index (χ0n) is 17.2. The molecule has 0 aliphatic rings. The largest absolute Gasteiger partial charge is 0.497 e. The normalized spacial score (nSPS) is 11.0. The van der Waals surface area contributed by atoms with E-state index in [4.69, 9.17) is 18.9 Å². The Bertz CT molecular complexity index is 793. The third kappa shape index (κ3) is 5.70. The van der Waals surface area contributed by atoms with Gasteiger partial charge in [-0.05, 0) is 49.2 Å². The number of guanidine groups is 1. The molecule has 0 aliphatic heterocycles. The molecule has 0 bridgehead atoms. The Morgan fingerprint density at radius 3 is 2.32 bits per heavy atom. The second-order valence-corrected chi connectivity index (χ2v) is 5.85. The van der Waals surface area contributed by atoms with Gasteiger partial charge in [0.05, 0.1) is 27.9 Å². The Morgan fingerprint density at radius 2 is 1.68 bits per heavy atom. The Kier molecular flexibility index (Phi) is 8.27. The van der Waals surface area contributed by atoms with Gasteiger partial charge in [-0.15, -0.1) is 0 Å². The average Bonchev–Trinajstić information content (AvgIpc) is 2.73. The predicted molar refractivity (Wildman–Crippen MR) is 112 cm³/mol. The van der Waals surface area contributed by atoms with Crippen LogP contribution in [0.25, 0.3) is 0 Å². The number of aliphatic imine (C=N–C) groups is 1. The maximum Gasteiger partial charge on any atom is 0.195 e. The second-order valence-electron chi connectivity index (χ2n) is 5.85. The van der Waals surface area contributed by atoms with Gasteiger partial charge < -0.3 is 29.6 Å². The third-order valence-corrected chi connectivity index (χ3v) is 4.12. The van der Waals surface area contributed by atoms with Crippen molar-refractivity contribution in [2.45, 2.75) is 13.3 Å². The summed E-state index contributed by atoms with van der Waals surface area (Å²) < 4.78 is 21.7. The number of rotatable bonds is 9. The topological polar surface area (TPSA) is 73.3 Å². The van der Waals surface area contributed by atoms with Crippen LogP contribution in [0.3, 0.4) is 0 Å². The first kappa shape index (κ1) is 21.2. The van der Waals surface area contributed by atoms with Crippen LogP contribution in [0.1, 0.15) is 12.5 Å². The number of ether oxygens (including phenoxy) is 4. The number of nitrogens with zero attached hydrogens (tertiary/aromatic N) is 1. The summed E-state index contributed by atoms with van der Waals surface area (Å²) in [4.78, 5) is 4.27. The highest BCUT2D eigenvalue weighted by Crippen LogP contribution is 2.30. The highest BCUT2D eigenvalue weighted by molar-refractivity contribution is 5.93. The van der Waals surface area contributed by atoms with Gasteiger partial charge in [-0.3, -0.25) is 4.99 Å². The Morgan fingerprint density at radius 1 is 0.929 bits per heavy atom. The SMILES string of the molecule is CCOc1ccc(NC(=NC)NCCc2cc(OC)ccc2OC)cc1OC. The molecule has 0 aliphatic carbocycles. The lowest BCUT2D eigenvalue weighted by Crippen LogP contribution is -2.32. The molecular weight excluding hydrogens is 358 g/mol. The minimum atomic E-state index is 0.583. The van der Waals surface area contributed by atoms with Crippen molar-refractivity contribution < 1.29 is 18.9 Å². The van der Waals surface area contributed by atoms with E-state index in [0.717, 1.165) is 29.2 Å². The van der Waals surface area contributed by atoms with Crippen molar-refractivity contribution in [2.75, 3.05) is 46.8 Å². The molecule has 0 saturated heterocycles. The van der Waals surface area contributed by atoms with Crippen LogP contribution in [0.4, 0.5) is 5.69 Å². The molecule has 7 heteroatoms. The average molecular weight is 387 g/mol. The molecule has 0 aromatic heterocycles. The lowest BCUT2D eigenvalue weighted by atomic mass is 10.1. The van der Waals surface area contributed by atoms with Crippen molar-refractivity contribution >= 4 is 11.6 Å². The highest BCUT2D eigenvalue weighted by Gasteiger charge is 2.08. The number of methoxy groups -OCH3 is 3. The van der Waals surface area contributed by atoms with E-state index in [2.05, 4.69) is 15.6 Å². The van der Waals surface area contributed by atoms with E-state index < -0.39 is 0 Å². The van der Waals surface area contributed by atoms with Crippen molar-refractivity contribution in [1.82, 2.24) is 5.32 Å². The van der Waals surface area contributed by atoms with E-state index >= 15 is 0 Å². The number of benzene rings is 2. The fourth-order valence-corrected chi connectivity index (χ4v) is 2.73. The zero-order chi connectivity index (χ0) is 20.4. The van der Waals surface area contributed by atoms with Crippen LogP contribution in [-0.4, -0.2) is 47.5 Å². The monoisotopic (exact) mass is 387 g/mol. The first-order valence-corrected chi connectivity index (χ1v) is 9.14. The van der Waals surface area contributed by atoms with Crippen LogP contribution in [0.5, 0.6) is 23.0 Å². The molecule has 2 aromatic carbocycles. The van der Waals surface area contributed by atoms with Gasteiger partial charge in [0.15, 0.2) is 17.5 Å². The van der Waals surface area contributed by atoms with Crippen molar-refractivity contribution in [3.63, 3.8) is 0 Å². The Hall–Kier alpha value is -3.09. The van der Waals surface area contributed by atoms with E-state index in [1.807, 2.05) is 43.3 Å². The summed E-state index contributed by atoms with van der Waals surface area (Å²) in [5, 5.41) is 6.56. The van der Waals surface area contributed by atoms with Gasteiger partial charge >= 0.3 is 0 Å². The summed E-state index contributed by atoms with van der Waals surface area (Å²) in [6.45, 7) is 3.20. The minimum absolute atomic E-state index is 0.583. The molecule has 7 nitrogen and oxygen atoms in total. The molecule has 28 heavy (non-hydrogen) atoms. The number of hydrogen-bond donors (Lipinski definition) is 2. The molecule has 0 unspecified atom stereocenters. The highest BCUT2D eigenvalue weighted by atomic mass is 16.5. The van der Waals surface area contributed by atoms with E-state index in [1.54, 1.807) is 28.4 Å². The quantitative estimate of drug-likeness (QED) is 0.508. The molecule has 0 atom stereocenters. The molecule has 0 spiro atoms. The Balaban J connectivity index is 1.99. The molecule has 2 rings (SSSR count). The van der Waals surface area contributed by atoms with Gasteiger partial charge in [0.25, 0.3) is 0 Å². The number of anilines is 1. The molecule has 0 heterocycles. The summed E-state index contributed by atoms with van der Waals surface area (Å²) in [6.07, 6.45) is 0.758. The summed E-state index contributed by atoms with van der Waals surface area (Å²) in [5.41, 5.74) is 1.92. The summed E-state index contributed by atoms with van der Waals surface area (Å²) >= 11 is 0. The summed E-state index contributed by atoms with van der Waals surface area (Å²) in [5.74, 6) is 3.68. The first-order valence-electron chi connectivity index (χ1n) is 9.14. The van der Waals surface area contributed by atoms with E-state index in [9.17, 15) is 0 Å². The fraction of sp³-hybridized carbons (Fsp3) is 0.381. The third-order valence-electron chi connectivity index (χ3n) is 4.12. The van der Waals surface area contributed by atoms with Crippen LogP contribution < -0.4 is 29.6 Å². The minimum Gasteiger partial charge on any atom is -0.497 e. The lowest BCUT2D eigenvalue weighted by Gasteiger charge is -2.15. The fourth-order valence-electron chi connectivity index (χ4n) is 2.73. The maximum absolute atomic E-state index is 5.55.